The van der Waals surface area contributed by atoms with Gasteiger partial charge >= 0.3 is 0 Å². The summed E-state index contributed by atoms with van der Waals surface area (Å²) in [5, 5.41) is 6.05. The summed E-state index contributed by atoms with van der Waals surface area (Å²) < 4.78 is 5.71. The topological polar surface area (TPSA) is 76.1 Å². The zero-order valence-corrected chi connectivity index (χ0v) is 17.2. The van der Waals surface area contributed by atoms with Crippen LogP contribution in [0, 0.1) is 6.92 Å². The molecule has 2 aliphatic rings. The molecule has 0 atom stereocenters. The van der Waals surface area contributed by atoms with Crippen LogP contribution in [0.25, 0.3) is 11.1 Å². The van der Waals surface area contributed by atoms with Gasteiger partial charge in [-0.25, -0.2) is 4.98 Å². The lowest BCUT2D eigenvalue weighted by Crippen LogP contribution is -2.13. The maximum absolute atomic E-state index is 12.3. The Bertz CT molecular complexity index is 1120. The van der Waals surface area contributed by atoms with Crippen LogP contribution in [0.5, 0.6) is 5.88 Å². The van der Waals surface area contributed by atoms with E-state index in [0.717, 1.165) is 57.6 Å². The molecule has 0 bridgehead atoms. The van der Waals surface area contributed by atoms with Gasteiger partial charge in [0.25, 0.3) is 5.91 Å². The molecule has 0 unspecified atom stereocenters. The standard InChI is InChI=1S/C24H24N4O2/c1-14-9-16(10-15-3-8-22(27-11-15)30-17-4-5-17)26-12-19(14)18-6-7-21(25-2)23-20(18)13-28-24(23)29/h3,6-9,11-12,17,25H,4-5,10,13H2,1-2H3,(H,28,29). The average Bonchev–Trinajstić information content (AvgIpc) is 3.49. The molecule has 3 heterocycles. The van der Waals surface area contributed by atoms with Crippen molar-refractivity contribution < 1.29 is 9.53 Å². The zero-order chi connectivity index (χ0) is 20.7. The number of ether oxygens (including phenoxy) is 1. The van der Waals surface area contributed by atoms with Crippen molar-refractivity contribution in [2.75, 3.05) is 12.4 Å². The van der Waals surface area contributed by atoms with Gasteiger partial charge in [-0.15, -0.1) is 0 Å². The Balaban J connectivity index is 1.39. The molecule has 3 aromatic rings. The molecule has 6 nitrogen and oxygen atoms in total. The van der Waals surface area contributed by atoms with Gasteiger partial charge in [0.2, 0.25) is 5.88 Å². The van der Waals surface area contributed by atoms with E-state index in [2.05, 4.69) is 40.7 Å². The van der Waals surface area contributed by atoms with Crippen LogP contribution in [-0.2, 0) is 13.0 Å². The number of benzene rings is 1. The van der Waals surface area contributed by atoms with Crippen LogP contribution < -0.4 is 15.4 Å². The van der Waals surface area contributed by atoms with Crippen LogP contribution in [0.15, 0.2) is 42.7 Å². The van der Waals surface area contributed by atoms with Gasteiger partial charge < -0.3 is 15.4 Å². The van der Waals surface area contributed by atoms with Crippen LogP contribution in [-0.4, -0.2) is 29.0 Å². The normalized spacial score (nSPS) is 14.9. The van der Waals surface area contributed by atoms with Gasteiger partial charge in [0.05, 0.1) is 5.56 Å². The first kappa shape index (κ1) is 18.6. The number of carbonyl (C=O) groups excluding carboxylic acids is 1. The molecule has 1 amide bonds. The van der Waals surface area contributed by atoms with E-state index in [0.29, 0.717) is 24.9 Å². The van der Waals surface area contributed by atoms with Crippen molar-refractivity contribution in [1.29, 1.82) is 0 Å². The fraction of sp³-hybridized carbons (Fsp3) is 0.292. The molecular formula is C24H24N4O2. The van der Waals surface area contributed by atoms with Crippen LogP contribution in [0.2, 0.25) is 0 Å². The first-order chi connectivity index (χ1) is 14.6. The van der Waals surface area contributed by atoms with E-state index in [9.17, 15) is 4.79 Å². The Morgan fingerprint density at radius 1 is 1.13 bits per heavy atom. The van der Waals surface area contributed by atoms with Crippen molar-refractivity contribution in [3.8, 4) is 17.0 Å². The molecule has 152 valence electrons. The largest absolute Gasteiger partial charge is 0.474 e. The van der Waals surface area contributed by atoms with Gasteiger partial charge in [0.1, 0.15) is 6.10 Å². The van der Waals surface area contributed by atoms with Crippen molar-refractivity contribution in [2.24, 2.45) is 0 Å². The number of amides is 1. The molecule has 1 aliphatic carbocycles. The zero-order valence-electron chi connectivity index (χ0n) is 17.2. The van der Waals surface area contributed by atoms with Gasteiger partial charge in [-0.3, -0.25) is 9.78 Å². The molecule has 0 spiro atoms. The van der Waals surface area contributed by atoms with E-state index in [1.54, 1.807) is 0 Å². The van der Waals surface area contributed by atoms with E-state index < -0.39 is 0 Å². The lowest BCUT2D eigenvalue weighted by molar-refractivity contribution is 0.0966. The van der Waals surface area contributed by atoms with Gasteiger partial charge in [-0.05, 0) is 54.2 Å². The number of aromatic nitrogens is 2. The Kier molecular flexibility index (Phi) is 4.62. The van der Waals surface area contributed by atoms with Crippen molar-refractivity contribution in [1.82, 2.24) is 15.3 Å². The maximum atomic E-state index is 12.3. The number of pyridine rings is 2. The number of anilines is 1. The second kappa shape index (κ2) is 7.44. The summed E-state index contributed by atoms with van der Waals surface area (Å²) in [6, 6.07) is 10.1. The van der Waals surface area contributed by atoms with Crippen molar-refractivity contribution in [3.05, 3.63) is 70.7 Å². The molecule has 1 aliphatic heterocycles. The fourth-order valence-corrected chi connectivity index (χ4v) is 3.95. The molecular weight excluding hydrogens is 376 g/mol. The number of aryl methyl sites for hydroxylation is 1. The van der Waals surface area contributed by atoms with E-state index in [1.165, 1.54) is 0 Å². The maximum Gasteiger partial charge on any atom is 0.254 e. The lowest BCUT2D eigenvalue weighted by atomic mass is 9.93. The second-order valence-electron chi connectivity index (χ2n) is 7.94. The first-order valence-corrected chi connectivity index (χ1v) is 10.3. The second-order valence-corrected chi connectivity index (χ2v) is 7.94. The molecule has 1 aromatic carbocycles. The van der Waals surface area contributed by atoms with Crippen LogP contribution in [0.4, 0.5) is 5.69 Å². The van der Waals surface area contributed by atoms with Gasteiger partial charge in [0.15, 0.2) is 0 Å². The summed E-state index contributed by atoms with van der Waals surface area (Å²) in [7, 11) is 1.84. The molecule has 6 heteroatoms. The van der Waals surface area contributed by atoms with E-state index in [-0.39, 0.29) is 5.91 Å². The smallest absolute Gasteiger partial charge is 0.254 e. The highest BCUT2D eigenvalue weighted by atomic mass is 16.5. The van der Waals surface area contributed by atoms with E-state index in [1.807, 2.05) is 31.6 Å². The predicted octanol–water partition coefficient (Wildman–Crippen LogP) is 3.87. The average molecular weight is 400 g/mol. The van der Waals surface area contributed by atoms with Crippen molar-refractivity contribution in [3.63, 3.8) is 0 Å². The summed E-state index contributed by atoms with van der Waals surface area (Å²) in [6.07, 6.45) is 7.11. The fourth-order valence-electron chi connectivity index (χ4n) is 3.95. The summed E-state index contributed by atoms with van der Waals surface area (Å²) in [5.41, 5.74) is 7.96. The van der Waals surface area contributed by atoms with Crippen LogP contribution in [0.3, 0.4) is 0 Å². The molecule has 1 saturated carbocycles. The molecule has 0 saturated heterocycles. The molecule has 2 N–H and O–H groups in total. The SMILES string of the molecule is CNc1ccc(-c2cnc(Cc3ccc(OC4CC4)nc3)cc2C)c2c1C(=O)NC2. The summed E-state index contributed by atoms with van der Waals surface area (Å²) in [6.45, 7) is 2.63. The number of nitrogens with zero attached hydrogens (tertiary/aromatic N) is 2. The Hall–Kier alpha value is -3.41. The van der Waals surface area contributed by atoms with Crippen molar-refractivity contribution in [2.45, 2.75) is 38.8 Å². The minimum atomic E-state index is -0.0277. The minimum Gasteiger partial charge on any atom is -0.474 e. The molecule has 1 fully saturated rings. The number of carbonyl (C=O) groups is 1. The van der Waals surface area contributed by atoms with Gasteiger partial charge in [-0.2, -0.15) is 0 Å². The third-order valence-electron chi connectivity index (χ3n) is 5.69. The van der Waals surface area contributed by atoms with Crippen LogP contribution in [0.1, 0.15) is 45.6 Å². The monoisotopic (exact) mass is 400 g/mol. The van der Waals surface area contributed by atoms with E-state index >= 15 is 0 Å². The molecule has 2 aromatic heterocycles. The first-order valence-electron chi connectivity index (χ1n) is 10.3. The molecule has 30 heavy (non-hydrogen) atoms. The minimum absolute atomic E-state index is 0.0277. The van der Waals surface area contributed by atoms with Crippen molar-refractivity contribution >= 4 is 11.6 Å². The highest BCUT2D eigenvalue weighted by Crippen LogP contribution is 2.35. The Morgan fingerprint density at radius 2 is 2.00 bits per heavy atom. The molecule has 5 rings (SSSR count). The molecule has 0 radical (unpaired) electrons. The van der Waals surface area contributed by atoms with Crippen LogP contribution >= 0.6 is 0 Å². The number of nitrogens with one attached hydrogen (secondary N) is 2. The lowest BCUT2D eigenvalue weighted by Gasteiger charge is -2.14. The van der Waals surface area contributed by atoms with Gasteiger partial charge in [-0.1, -0.05) is 12.1 Å². The predicted molar refractivity (Wildman–Crippen MR) is 116 cm³/mol. The van der Waals surface area contributed by atoms with E-state index in [4.69, 9.17) is 9.72 Å². The number of fused-ring (bicyclic) bond motifs is 1. The summed E-state index contributed by atoms with van der Waals surface area (Å²) in [4.78, 5) is 21.4. The van der Waals surface area contributed by atoms with Gasteiger partial charge in [0, 0.05) is 55.4 Å². The number of rotatable bonds is 6. The Morgan fingerprint density at radius 3 is 2.70 bits per heavy atom. The number of hydrogen-bond acceptors (Lipinski definition) is 5. The Labute approximate surface area is 175 Å². The quantitative estimate of drug-likeness (QED) is 0.657. The third-order valence-corrected chi connectivity index (χ3v) is 5.69. The summed E-state index contributed by atoms with van der Waals surface area (Å²) >= 11 is 0. The highest BCUT2D eigenvalue weighted by Gasteiger charge is 2.26. The highest BCUT2D eigenvalue weighted by molar-refractivity contribution is 6.05. The summed E-state index contributed by atoms with van der Waals surface area (Å²) in [5.74, 6) is 0.669. The third kappa shape index (κ3) is 3.49. The number of hydrogen-bond donors (Lipinski definition) is 2.